The van der Waals surface area contributed by atoms with Crippen LogP contribution >= 0.6 is 0 Å². The van der Waals surface area contributed by atoms with Crippen LogP contribution in [0.5, 0.6) is 0 Å². The maximum Gasteiger partial charge on any atom is 0.306 e. The molecule has 0 N–H and O–H groups in total. The molecular formula is C68H126O6. The van der Waals surface area contributed by atoms with Crippen molar-refractivity contribution >= 4 is 17.9 Å². The van der Waals surface area contributed by atoms with Gasteiger partial charge < -0.3 is 14.2 Å². The van der Waals surface area contributed by atoms with E-state index in [1.165, 1.54) is 250 Å². The second-order valence-corrected chi connectivity index (χ2v) is 22.4. The van der Waals surface area contributed by atoms with Gasteiger partial charge in [0, 0.05) is 19.3 Å². The molecule has 0 saturated heterocycles. The molecule has 0 aromatic rings. The zero-order chi connectivity index (χ0) is 53.6. The fraction of sp³-hybridized carbons (Fsp3) is 0.868. The van der Waals surface area contributed by atoms with Crippen LogP contribution in [0.25, 0.3) is 0 Å². The van der Waals surface area contributed by atoms with Gasteiger partial charge >= 0.3 is 17.9 Å². The predicted molar refractivity (Wildman–Crippen MR) is 321 cm³/mol. The van der Waals surface area contributed by atoms with Crippen molar-refractivity contribution in [3.8, 4) is 0 Å². The summed E-state index contributed by atoms with van der Waals surface area (Å²) in [6.07, 6.45) is 77.2. The maximum absolute atomic E-state index is 12.9. The van der Waals surface area contributed by atoms with Crippen molar-refractivity contribution in [2.45, 2.75) is 367 Å². The van der Waals surface area contributed by atoms with Gasteiger partial charge in [-0.25, -0.2) is 0 Å². The highest BCUT2D eigenvalue weighted by Gasteiger charge is 2.19. The molecule has 0 aliphatic heterocycles. The molecule has 0 aliphatic carbocycles. The lowest BCUT2D eigenvalue weighted by Crippen LogP contribution is -2.30. The number of carbonyl (C=O) groups is 3. The normalized spacial score (nSPS) is 12.2. The number of carbonyl (C=O) groups excluding carboxylic acids is 3. The van der Waals surface area contributed by atoms with Gasteiger partial charge in [-0.15, -0.1) is 0 Å². The largest absolute Gasteiger partial charge is 0.462 e. The summed E-state index contributed by atoms with van der Waals surface area (Å²) in [4.78, 5) is 38.3. The number of allylic oxidation sites excluding steroid dienone is 6. The van der Waals surface area contributed by atoms with E-state index in [-0.39, 0.29) is 31.1 Å². The van der Waals surface area contributed by atoms with Crippen molar-refractivity contribution in [1.29, 1.82) is 0 Å². The predicted octanol–water partition coefficient (Wildman–Crippen LogP) is 22.4. The molecule has 0 aliphatic rings. The Balaban J connectivity index is 4.30. The van der Waals surface area contributed by atoms with Crippen LogP contribution in [-0.2, 0) is 28.6 Å². The van der Waals surface area contributed by atoms with Gasteiger partial charge in [0.05, 0.1) is 0 Å². The molecule has 0 radical (unpaired) electrons. The molecule has 434 valence electrons. The number of hydrogen-bond donors (Lipinski definition) is 0. The highest BCUT2D eigenvalue weighted by Crippen LogP contribution is 2.18. The molecule has 6 nitrogen and oxygen atoms in total. The van der Waals surface area contributed by atoms with Gasteiger partial charge in [0.25, 0.3) is 0 Å². The summed E-state index contributed by atoms with van der Waals surface area (Å²) in [5, 5.41) is 0. The van der Waals surface area contributed by atoms with Crippen molar-refractivity contribution < 1.29 is 28.6 Å². The first kappa shape index (κ1) is 71.6. The Morgan fingerprint density at radius 1 is 0.270 bits per heavy atom. The van der Waals surface area contributed by atoms with E-state index >= 15 is 0 Å². The molecule has 74 heavy (non-hydrogen) atoms. The summed E-state index contributed by atoms with van der Waals surface area (Å²) in [6.45, 7) is 6.67. The van der Waals surface area contributed by atoms with Crippen LogP contribution < -0.4 is 0 Å². The number of unbranched alkanes of at least 4 members (excludes halogenated alkanes) is 44. The van der Waals surface area contributed by atoms with Crippen molar-refractivity contribution in [3.63, 3.8) is 0 Å². The van der Waals surface area contributed by atoms with Gasteiger partial charge in [-0.2, -0.15) is 0 Å². The number of hydrogen-bond acceptors (Lipinski definition) is 6. The molecule has 0 saturated carbocycles. The fourth-order valence-electron chi connectivity index (χ4n) is 9.88. The molecule has 0 rings (SSSR count). The lowest BCUT2D eigenvalue weighted by Gasteiger charge is -2.18. The van der Waals surface area contributed by atoms with Gasteiger partial charge in [0.15, 0.2) is 6.10 Å². The van der Waals surface area contributed by atoms with E-state index in [1.807, 2.05) is 0 Å². The van der Waals surface area contributed by atoms with Crippen molar-refractivity contribution in [1.82, 2.24) is 0 Å². The molecule has 0 bridgehead atoms. The van der Waals surface area contributed by atoms with Crippen molar-refractivity contribution in [2.24, 2.45) is 0 Å². The average Bonchev–Trinajstić information content (AvgIpc) is 3.40. The smallest absolute Gasteiger partial charge is 0.306 e. The van der Waals surface area contributed by atoms with Gasteiger partial charge in [0.1, 0.15) is 13.2 Å². The average molecular weight is 1040 g/mol. The van der Waals surface area contributed by atoms with Gasteiger partial charge in [-0.1, -0.05) is 301 Å². The first-order valence-corrected chi connectivity index (χ1v) is 33.0. The van der Waals surface area contributed by atoms with Gasteiger partial charge in [0.2, 0.25) is 0 Å². The Hall–Kier alpha value is -2.37. The van der Waals surface area contributed by atoms with Crippen LogP contribution in [0.15, 0.2) is 36.5 Å². The summed E-state index contributed by atoms with van der Waals surface area (Å²) in [7, 11) is 0. The molecule has 0 amide bonds. The van der Waals surface area contributed by atoms with E-state index in [0.717, 1.165) is 70.6 Å². The summed E-state index contributed by atoms with van der Waals surface area (Å²) < 4.78 is 17.0. The maximum atomic E-state index is 12.9. The van der Waals surface area contributed by atoms with Crippen LogP contribution in [0, 0.1) is 0 Å². The lowest BCUT2D eigenvalue weighted by atomic mass is 10.0. The number of ether oxygens (including phenoxy) is 3. The Morgan fingerprint density at radius 3 is 0.757 bits per heavy atom. The minimum atomic E-state index is -0.775. The van der Waals surface area contributed by atoms with Crippen LogP contribution in [0.4, 0.5) is 0 Å². The second kappa shape index (κ2) is 63.2. The minimum absolute atomic E-state index is 0.0729. The Bertz CT molecular complexity index is 1240. The molecule has 0 aromatic heterocycles. The Morgan fingerprint density at radius 2 is 0.486 bits per heavy atom. The Labute approximate surface area is 461 Å². The summed E-state index contributed by atoms with van der Waals surface area (Å²) >= 11 is 0. The topological polar surface area (TPSA) is 78.9 Å². The minimum Gasteiger partial charge on any atom is -0.462 e. The lowest BCUT2D eigenvalue weighted by molar-refractivity contribution is -0.167. The standard InChI is InChI=1S/C68H126O6/c1-4-7-10-13-16-19-22-25-28-30-32-34-36-38-40-43-46-49-52-55-58-61-67(70)73-64-65(63-72-66(69)60-57-54-51-48-45-42-27-24-21-18-15-12-9-6-3)74-68(71)62-59-56-53-50-47-44-41-39-37-35-33-31-29-26-23-20-17-14-11-8-5-2/h22,24-25,27,30,32,65H,4-21,23,26,28-29,31,33-64H2,1-3H3/b25-22-,27-24-,32-30-. The van der Waals surface area contributed by atoms with E-state index in [4.69, 9.17) is 14.2 Å². The van der Waals surface area contributed by atoms with E-state index in [0.29, 0.717) is 19.3 Å². The Kier molecular flexibility index (Phi) is 61.1. The third kappa shape index (κ3) is 60.5. The van der Waals surface area contributed by atoms with Crippen molar-refractivity contribution in [2.75, 3.05) is 13.2 Å². The summed E-state index contributed by atoms with van der Waals surface area (Å²) in [5.74, 6) is -0.860. The van der Waals surface area contributed by atoms with Crippen LogP contribution in [0.1, 0.15) is 361 Å². The zero-order valence-electron chi connectivity index (χ0n) is 49.9. The highest BCUT2D eigenvalue weighted by atomic mass is 16.6. The van der Waals surface area contributed by atoms with Gasteiger partial charge in [-0.3, -0.25) is 14.4 Å². The molecule has 0 heterocycles. The van der Waals surface area contributed by atoms with E-state index < -0.39 is 6.10 Å². The third-order valence-corrected chi connectivity index (χ3v) is 14.9. The molecule has 0 fully saturated rings. The first-order valence-electron chi connectivity index (χ1n) is 33.0. The summed E-state index contributed by atoms with van der Waals surface area (Å²) in [6, 6.07) is 0. The van der Waals surface area contributed by atoms with Crippen LogP contribution in [0.3, 0.4) is 0 Å². The van der Waals surface area contributed by atoms with E-state index in [1.54, 1.807) is 0 Å². The number of rotatable bonds is 61. The molecule has 1 atom stereocenters. The van der Waals surface area contributed by atoms with E-state index in [2.05, 4.69) is 57.2 Å². The molecule has 0 aromatic carbocycles. The molecular weight excluding hydrogens is 913 g/mol. The number of esters is 3. The van der Waals surface area contributed by atoms with Crippen LogP contribution in [0.2, 0.25) is 0 Å². The first-order chi connectivity index (χ1) is 36.5. The third-order valence-electron chi connectivity index (χ3n) is 14.9. The fourth-order valence-corrected chi connectivity index (χ4v) is 9.88. The van der Waals surface area contributed by atoms with Gasteiger partial charge in [-0.05, 0) is 77.0 Å². The summed E-state index contributed by atoms with van der Waals surface area (Å²) in [5.41, 5.74) is 0. The monoisotopic (exact) mass is 1040 g/mol. The quantitative estimate of drug-likeness (QED) is 0.0261. The highest BCUT2D eigenvalue weighted by molar-refractivity contribution is 5.71. The van der Waals surface area contributed by atoms with E-state index in [9.17, 15) is 14.4 Å². The van der Waals surface area contributed by atoms with Crippen molar-refractivity contribution in [3.05, 3.63) is 36.5 Å². The molecule has 0 spiro atoms. The SMILES string of the molecule is CCCCCCC/C=C\C/C=C\CCCCCCCCCCCC(=O)OCC(COC(=O)CCCCCCC/C=C\CCCCCCC)OC(=O)CCCCCCCCCCCCCCCCCCCCCCC. The molecule has 6 heteroatoms. The molecule has 1 unspecified atom stereocenters. The van der Waals surface area contributed by atoms with Crippen LogP contribution in [-0.4, -0.2) is 37.2 Å². The zero-order valence-corrected chi connectivity index (χ0v) is 49.9. The second-order valence-electron chi connectivity index (χ2n) is 22.4.